The molecule has 2 N–H and O–H groups in total. The van der Waals surface area contributed by atoms with E-state index in [9.17, 15) is 0 Å². The van der Waals surface area contributed by atoms with E-state index in [1.807, 2.05) is 24.1 Å². The van der Waals surface area contributed by atoms with Gasteiger partial charge >= 0.3 is 0 Å². The topological polar surface area (TPSA) is 43.7 Å². The fourth-order valence-corrected chi connectivity index (χ4v) is 0.986. The molecule has 0 unspecified atom stereocenters. The largest absolute Gasteiger partial charge is 0.508 e. The Bertz CT molecular complexity index is 238. The van der Waals surface area contributed by atoms with E-state index >= 15 is 0 Å². The van der Waals surface area contributed by atoms with Crippen LogP contribution in [0.15, 0.2) is 24.3 Å². The lowest BCUT2D eigenvalue weighted by atomic mass is 10.3. The van der Waals surface area contributed by atoms with Crippen LogP contribution >= 0.6 is 12.4 Å². The zero-order valence-electron chi connectivity index (χ0n) is 7.47. The van der Waals surface area contributed by atoms with Crippen LogP contribution in [0, 0.1) is 0 Å². The predicted molar refractivity (Wildman–Crippen MR) is 55.7 cm³/mol. The molecule has 0 atom stereocenters. The number of phenols is 1. The summed E-state index contributed by atoms with van der Waals surface area (Å²) in [4.78, 5) is 1.92. The van der Waals surface area contributed by atoms with E-state index in [1.165, 1.54) is 0 Å². The summed E-state index contributed by atoms with van der Waals surface area (Å²) in [5.41, 5.74) is 0.988. The highest BCUT2D eigenvalue weighted by molar-refractivity contribution is 5.85. The monoisotopic (exact) mass is 203 g/mol. The van der Waals surface area contributed by atoms with Crippen molar-refractivity contribution < 1.29 is 10.2 Å². The van der Waals surface area contributed by atoms with Crippen LogP contribution < -0.4 is 4.90 Å². The summed E-state index contributed by atoms with van der Waals surface area (Å²) in [6.45, 7) is 0.738. The van der Waals surface area contributed by atoms with E-state index in [1.54, 1.807) is 12.1 Å². The summed E-state index contributed by atoms with van der Waals surface area (Å²) in [6, 6.07) is 6.88. The number of halogens is 1. The van der Waals surface area contributed by atoms with Crippen LogP contribution in [0.3, 0.4) is 0 Å². The minimum absolute atomic E-state index is 0. The number of benzene rings is 1. The predicted octanol–water partition coefficient (Wildman–Crippen LogP) is 1.24. The van der Waals surface area contributed by atoms with Gasteiger partial charge in [0.2, 0.25) is 0 Å². The van der Waals surface area contributed by atoms with Crippen molar-refractivity contribution >= 4 is 18.1 Å². The summed E-state index contributed by atoms with van der Waals surface area (Å²) in [7, 11) is 1.89. The summed E-state index contributed by atoms with van der Waals surface area (Å²) in [5, 5.41) is 17.7. The second-order valence-corrected chi connectivity index (χ2v) is 2.66. The number of aliphatic hydroxyl groups excluding tert-OH is 1. The molecule has 0 amide bonds. The van der Waals surface area contributed by atoms with Crippen molar-refractivity contribution in [3.05, 3.63) is 24.3 Å². The average molecular weight is 204 g/mol. The lowest BCUT2D eigenvalue weighted by Crippen LogP contribution is -2.20. The van der Waals surface area contributed by atoms with Gasteiger partial charge in [0.1, 0.15) is 5.75 Å². The van der Waals surface area contributed by atoms with Crippen molar-refractivity contribution in [1.29, 1.82) is 0 Å². The van der Waals surface area contributed by atoms with Crippen LogP contribution in [-0.4, -0.2) is 30.4 Å². The highest BCUT2D eigenvalue weighted by Crippen LogP contribution is 2.16. The third-order valence-electron chi connectivity index (χ3n) is 1.73. The number of anilines is 1. The van der Waals surface area contributed by atoms with Crippen LogP contribution in [0.25, 0.3) is 0 Å². The van der Waals surface area contributed by atoms with Crippen molar-refractivity contribution in [3.63, 3.8) is 0 Å². The number of aliphatic hydroxyl groups is 1. The number of hydrogen-bond acceptors (Lipinski definition) is 3. The Morgan fingerprint density at radius 3 is 2.23 bits per heavy atom. The number of rotatable bonds is 3. The molecule has 0 aliphatic heterocycles. The highest BCUT2D eigenvalue weighted by Gasteiger charge is 1.98. The molecule has 0 spiro atoms. The van der Waals surface area contributed by atoms with E-state index in [4.69, 9.17) is 10.2 Å². The number of aromatic hydroxyl groups is 1. The second-order valence-electron chi connectivity index (χ2n) is 2.66. The second kappa shape index (κ2) is 5.67. The first-order valence-corrected chi connectivity index (χ1v) is 3.85. The molecule has 0 bridgehead atoms. The molecule has 0 aliphatic carbocycles. The highest BCUT2D eigenvalue weighted by atomic mass is 35.5. The lowest BCUT2D eigenvalue weighted by Gasteiger charge is -2.17. The van der Waals surface area contributed by atoms with E-state index in [2.05, 4.69) is 0 Å². The molecule has 0 heterocycles. The molecular weight excluding hydrogens is 190 g/mol. The summed E-state index contributed by atoms with van der Waals surface area (Å²) in [5.74, 6) is 0.260. The fraction of sp³-hybridized carbons (Fsp3) is 0.333. The van der Waals surface area contributed by atoms with Gasteiger partial charge in [0.05, 0.1) is 6.61 Å². The molecule has 0 radical (unpaired) electrons. The van der Waals surface area contributed by atoms with E-state index < -0.39 is 0 Å². The molecule has 4 heteroatoms. The summed E-state index contributed by atoms with van der Waals surface area (Å²) < 4.78 is 0. The Morgan fingerprint density at radius 2 is 1.77 bits per heavy atom. The van der Waals surface area contributed by atoms with Crippen LogP contribution in [0.4, 0.5) is 5.69 Å². The van der Waals surface area contributed by atoms with Gasteiger partial charge in [-0.15, -0.1) is 12.4 Å². The lowest BCUT2D eigenvalue weighted by molar-refractivity contribution is 0.304. The van der Waals surface area contributed by atoms with E-state index in [0.717, 1.165) is 5.69 Å². The van der Waals surface area contributed by atoms with Gasteiger partial charge < -0.3 is 15.1 Å². The van der Waals surface area contributed by atoms with Gasteiger partial charge in [0.15, 0.2) is 0 Å². The third kappa shape index (κ3) is 3.53. The van der Waals surface area contributed by atoms with E-state index in [-0.39, 0.29) is 24.8 Å². The first-order valence-electron chi connectivity index (χ1n) is 3.85. The number of likely N-dealkylation sites (N-methyl/N-ethyl adjacent to an activating group) is 1. The number of nitrogens with zero attached hydrogens (tertiary/aromatic N) is 1. The molecule has 0 aromatic heterocycles. The summed E-state index contributed by atoms with van der Waals surface area (Å²) in [6.07, 6.45) is 0. The maximum atomic E-state index is 9.00. The molecule has 0 saturated heterocycles. The Labute approximate surface area is 84.0 Å². The van der Waals surface area contributed by atoms with Gasteiger partial charge in [0, 0.05) is 19.3 Å². The molecule has 13 heavy (non-hydrogen) atoms. The summed E-state index contributed by atoms with van der Waals surface area (Å²) >= 11 is 0. The van der Waals surface area contributed by atoms with Gasteiger partial charge in [0.25, 0.3) is 0 Å². The third-order valence-corrected chi connectivity index (χ3v) is 1.73. The van der Waals surface area contributed by atoms with E-state index in [0.29, 0.717) is 6.54 Å². The normalized spacial score (nSPS) is 9.08. The Kier molecular flexibility index (Phi) is 5.26. The maximum absolute atomic E-state index is 9.00. The molecule has 74 valence electrons. The Morgan fingerprint density at radius 1 is 1.23 bits per heavy atom. The van der Waals surface area contributed by atoms with Gasteiger partial charge in [-0.3, -0.25) is 0 Å². The molecule has 0 saturated carbocycles. The van der Waals surface area contributed by atoms with Crippen molar-refractivity contribution in [2.24, 2.45) is 0 Å². The van der Waals surface area contributed by atoms with Crippen molar-refractivity contribution in [3.8, 4) is 5.75 Å². The quantitative estimate of drug-likeness (QED) is 0.777. The first-order chi connectivity index (χ1) is 5.74. The van der Waals surface area contributed by atoms with Crippen LogP contribution in [0.5, 0.6) is 5.75 Å². The van der Waals surface area contributed by atoms with Gasteiger partial charge in [-0.2, -0.15) is 0 Å². The maximum Gasteiger partial charge on any atom is 0.115 e. The smallest absolute Gasteiger partial charge is 0.115 e. The standard InChI is InChI=1S/C9H13NO2.ClH/c1-10(6-7-11)8-2-4-9(12)5-3-8;/h2-5,11-12H,6-7H2,1H3;1H. The Balaban J connectivity index is 0.00000144. The fourth-order valence-electron chi connectivity index (χ4n) is 0.986. The molecule has 0 fully saturated rings. The molecule has 3 nitrogen and oxygen atoms in total. The first kappa shape index (κ1) is 12.1. The number of phenolic OH excluding ortho intramolecular Hbond substituents is 1. The molecule has 1 aromatic carbocycles. The van der Waals surface area contributed by atoms with Crippen molar-refractivity contribution in [2.75, 3.05) is 25.1 Å². The molecule has 1 aromatic rings. The van der Waals surface area contributed by atoms with Crippen LogP contribution in [0.1, 0.15) is 0 Å². The van der Waals surface area contributed by atoms with Crippen LogP contribution in [-0.2, 0) is 0 Å². The molecule has 1 rings (SSSR count). The van der Waals surface area contributed by atoms with Gasteiger partial charge in [-0.05, 0) is 24.3 Å². The van der Waals surface area contributed by atoms with Crippen LogP contribution in [0.2, 0.25) is 0 Å². The average Bonchev–Trinajstić information content (AvgIpc) is 2.06. The van der Waals surface area contributed by atoms with Crippen molar-refractivity contribution in [2.45, 2.75) is 0 Å². The Hall–Kier alpha value is -0.930. The SMILES string of the molecule is CN(CCO)c1ccc(O)cc1.Cl. The zero-order valence-corrected chi connectivity index (χ0v) is 8.29. The van der Waals surface area contributed by atoms with Crippen molar-refractivity contribution in [1.82, 2.24) is 0 Å². The minimum atomic E-state index is 0. The number of hydrogen-bond donors (Lipinski definition) is 2. The van der Waals surface area contributed by atoms with Gasteiger partial charge in [-0.1, -0.05) is 0 Å². The molecule has 0 aliphatic rings. The zero-order chi connectivity index (χ0) is 8.97. The van der Waals surface area contributed by atoms with Gasteiger partial charge in [-0.25, -0.2) is 0 Å². The molecular formula is C9H14ClNO2. The minimum Gasteiger partial charge on any atom is -0.508 e.